The van der Waals surface area contributed by atoms with Gasteiger partial charge >= 0.3 is 0 Å². The van der Waals surface area contributed by atoms with Gasteiger partial charge in [0.2, 0.25) is 11.1 Å². The lowest BCUT2D eigenvalue weighted by Gasteiger charge is -2.12. The van der Waals surface area contributed by atoms with Crippen molar-refractivity contribution in [2.45, 2.75) is 36.2 Å². The van der Waals surface area contributed by atoms with E-state index in [2.05, 4.69) is 20.8 Å². The number of aromatic nitrogens is 4. The first-order valence-corrected chi connectivity index (χ1v) is 7.63. The van der Waals surface area contributed by atoms with E-state index in [0.717, 1.165) is 25.0 Å². The number of hydrogen-bond acceptors (Lipinski definition) is 5. The van der Waals surface area contributed by atoms with Gasteiger partial charge in [-0.15, -0.1) is 5.10 Å². The number of halogens is 2. The van der Waals surface area contributed by atoms with Gasteiger partial charge in [-0.3, -0.25) is 4.79 Å². The number of rotatable bonds is 5. The molecule has 0 bridgehead atoms. The van der Waals surface area contributed by atoms with Gasteiger partial charge in [0.05, 0.1) is 17.0 Å². The number of benzene rings is 1. The molecule has 1 aliphatic rings. The third-order valence-corrected chi connectivity index (χ3v) is 4.24. The third kappa shape index (κ3) is 3.24. The second-order valence-electron chi connectivity index (χ2n) is 5.01. The molecule has 0 aliphatic heterocycles. The first-order chi connectivity index (χ1) is 10.5. The highest BCUT2D eigenvalue weighted by Gasteiger charge is 2.29. The second-order valence-corrected chi connectivity index (χ2v) is 6.32. The zero-order chi connectivity index (χ0) is 15.7. The van der Waals surface area contributed by atoms with Gasteiger partial charge < -0.3 is 5.32 Å². The average molecular weight is 325 g/mol. The number of anilines is 1. The van der Waals surface area contributed by atoms with Crippen LogP contribution in [0.1, 0.15) is 25.8 Å². The van der Waals surface area contributed by atoms with Gasteiger partial charge in [0.15, 0.2) is 0 Å². The van der Waals surface area contributed by atoms with Crippen LogP contribution in [0.5, 0.6) is 0 Å². The van der Waals surface area contributed by atoms with Crippen LogP contribution in [0.25, 0.3) is 0 Å². The molecule has 6 nitrogen and oxygen atoms in total. The largest absolute Gasteiger partial charge is 0.323 e. The Balaban J connectivity index is 1.65. The fourth-order valence-corrected chi connectivity index (χ4v) is 2.71. The molecule has 116 valence electrons. The summed E-state index contributed by atoms with van der Waals surface area (Å²) < 4.78 is 28.1. The van der Waals surface area contributed by atoms with Gasteiger partial charge in [-0.2, -0.15) is 0 Å². The minimum absolute atomic E-state index is 0.0550. The average Bonchev–Trinajstić information content (AvgIpc) is 3.22. The molecule has 1 aromatic heterocycles. The lowest BCUT2D eigenvalue weighted by Crippen LogP contribution is -2.23. The van der Waals surface area contributed by atoms with E-state index in [0.29, 0.717) is 11.2 Å². The van der Waals surface area contributed by atoms with Crippen molar-refractivity contribution in [2.75, 3.05) is 5.32 Å². The summed E-state index contributed by atoms with van der Waals surface area (Å²) in [6.45, 7) is 1.67. The van der Waals surface area contributed by atoms with Crippen molar-refractivity contribution in [1.82, 2.24) is 20.2 Å². The SMILES string of the molecule is CC(Sc1nnnn1C1CC1)C(=O)Nc1ccc(F)cc1F. The van der Waals surface area contributed by atoms with E-state index in [9.17, 15) is 13.6 Å². The summed E-state index contributed by atoms with van der Waals surface area (Å²) >= 11 is 1.20. The Kier molecular flexibility index (Phi) is 4.06. The van der Waals surface area contributed by atoms with Crippen molar-refractivity contribution in [3.63, 3.8) is 0 Å². The molecule has 1 aromatic carbocycles. The molecule has 0 radical (unpaired) electrons. The van der Waals surface area contributed by atoms with Crippen LogP contribution in [0.3, 0.4) is 0 Å². The molecule has 22 heavy (non-hydrogen) atoms. The zero-order valence-corrected chi connectivity index (χ0v) is 12.5. The summed E-state index contributed by atoms with van der Waals surface area (Å²) in [6, 6.07) is 3.31. The van der Waals surface area contributed by atoms with Gasteiger partial charge in [0.1, 0.15) is 11.6 Å². The van der Waals surface area contributed by atoms with Crippen LogP contribution in [-0.2, 0) is 4.79 Å². The van der Waals surface area contributed by atoms with Crippen molar-refractivity contribution >= 4 is 23.4 Å². The molecular formula is C13H13F2N5OS. The fraction of sp³-hybridized carbons (Fsp3) is 0.385. The lowest BCUT2D eigenvalue weighted by molar-refractivity contribution is -0.115. The first kappa shape index (κ1) is 14.9. The third-order valence-electron chi connectivity index (χ3n) is 3.20. The Bertz CT molecular complexity index is 703. The van der Waals surface area contributed by atoms with Gasteiger partial charge in [0.25, 0.3) is 0 Å². The van der Waals surface area contributed by atoms with Crippen LogP contribution in [0.4, 0.5) is 14.5 Å². The number of carbonyl (C=O) groups is 1. The minimum Gasteiger partial charge on any atom is -0.323 e. The summed E-state index contributed by atoms with van der Waals surface area (Å²) in [5.41, 5.74) is -0.0550. The minimum atomic E-state index is -0.812. The molecular weight excluding hydrogens is 312 g/mol. The zero-order valence-electron chi connectivity index (χ0n) is 11.7. The second kappa shape index (κ2) is 5.99. The van der Waals surface area contributed by atoms with Crippen molar-refractivity contribution < 1.29 is 13.6 Å². The highest BCUT2D eigenvalue weighted by molar-refractivity contribution is 8.00. The van der Waals surface area contributed by atoms with Crippen LogP contribution in [0, 0.1) is 11.6 Å². The van der Waals surface area contributed by atoms with Crippen molar-refractivity contribution in [2.24, 2.45) is 0 Å². The molecule has 3 rings (SSSR count). The molecule has 0 saturated heterocycles. The van der Waals surface area contributed by atoms with Gasteiger partial charge in [0, 0.05) is 6.07 Å². The van der Waals surface area contributed by atoms with E-state index in [1.807, 2.05) is 0 Å². The summed E-state index contributed by atoms with van der Waals surface area (Å²) in [5.74, 6) is -1.91. The Hall–Kier alpha value is -2.03. The Labute approximate surface area is 129 Å². The van der Waals surface area contributed by atoms with E-state index in [1.54, 1.807) is 11.6 Å². The molecule has 1 N–H and O–H groups in total. The van der Waals surface area contributed by atoms with Crippen LogP contribution in [-0.4, -0.2) is 31.4 Å². The number of nitrogens with one attached hydrogen (secondary N) is 1. The molecule has 9 heteroatoms. The first-order valence-electron chi connectivity index (χ1n) is 6.75. The molecule has 1 heterocycles. The van der Waals surface area contributed by atoms with Crippen molar-refractivity contribution in [1.29, 1.82) is 0 Å². The maximum absolute atomic E-state index is 13.5. The number of amides is 1. The van der Waals surface area contributed by atoms with Crippen LogP contribution < -0.4 is 5.32 Å². The highest BCUT2D eigenvalue weighted by atomic mass is 32.2. The molecule has 1 fully saturated rings. The van der Waals surface area contributed by atoms with E-state index >= 15 is 0 Å². The molecule has 1 amide bonds. The summed E-state index contributed by atoms with van der Waals surface area (Å²) in [4.78, 5) is 12.1. The Morgan fingerprint density at radius 1 is 1.45 bits per heavy atom. The number of hydrogen-bond donors (Lipinski definition) is 1. The maximum atomic E-state index is 13.5. The standard InChI is InChI=1S/C13H13F2N5OS/c1-7(22-13-17-18-19-20(13)9-3-4-9)12(21)16-11-5-2-8(14)6-10(11)15/h2,5-7,9H,3-4H2,1H3,(H,16,21). The topological polar surface area (TPSA) is 72.7 Å². The van der Waals surface area contributed by atoms with Gasteiger partial charge in [-0.05, 0) is 42.3 Å². The molecule has 2 aromatic rings. The predicted octanol–water partition coefficient (Wildman–Crippen LogP) is 2.41. The number of carbonyl (C=O) groups excluding carboxylic acids is 1. The van der Waals surface area contributed by atoms with Crippen molar-refractivity contribution in [3.8, 4) is 0 Å². The maximum Gasteiger partial charge on any atom is 0.237 e. The number of thioether (sulfide) groups is 1. The lowest BCUT2D eigenvalue weighted by atomic mass is 10.3. The summed E-state index contributed by atoms with van der Waals surface area (Å²) in [6.07, 6.45) is 2.06. The number of nitrogens with zero attached hydrogens (tertiary/aromatic N) is 4. The summed E-state index contributed by atoms with van der Waals surface area (Å²) in [7, 11) is 0. The Morgan fingerprint density at radius 2 is 2.23 bits per heavy atom. The van der Waals surface area contributed by atoms with Crippen molar-refractivity contribution in [3.05, 3.63) is 29.8 Å². The van der Waals surface area contributed by atoms with E-state index in [-0.39, 0.29) is 5.69 Å². The van der Waals surface area contributed by atoms with Crippen LogP contribution in [0.15, 0.2) is 23.4 Å². The fourth-order valence-electron chi connectivity index (χ4n) is 1.85. The molecule has 1 saturated carbocycles. The molecule has 0 spiro atoms. The smallest absolute Gasteiger partial charge is 0.237 e. The molecule has 1 unspecified atom stereocenters. The normalized spacial score (nSPS) is 15.6. The van der Waals surface area contributed by atoms with Gasteiger partial charge in [-0.1, -0.05) is 11.8 Å². The summed E-state index contributed by atoms with van der Waals surface area (Å²) in [5, 5.41) is 13.9. The van der Waals surface area contributed by atoms with E-state index in [4.69, 9.17) is 0 Å². The van der Waals surface area contributed by atoms with E-state index < -0.39 is 22.8 Å². The monoisotopic (exact) mass is 325 g/mol. The molecule has 1 aliphatic carbocycles. The highest BCUT2D eigenvalue weighted by Crippen LogP contribution is 2.37. The Morgan fingerprint density at radius 3 is 2.91 bits per heavy atom. The quantitative estimate of drug-likeness (QED) is 0.855. The van der Waals surface area contributed by atoms with E-state index in [1.165, 1.54) is 17.8 Å². The molecule has 1 atom stereocenters. The predicted molar refractivity (Wildman–Crippen MR) is 76.4 cm³/mol. The van der Waals surface area contributed by atoms with Crippen LogP contribution in [0.2, 0.25) is 0 Å². The number of tetrazole rings is 1. The van der Waals surface area contributed by atoms with Crippen LogP contribution >= 0.6 is 11.8 Å². The van der Waals surface area contributed by atoms with Gasteiger partial charge in [-0.25, -0.2) is 13.5 Å².